The second kappa shape index (κ2) is 4.26. The van der Waals surface area contributed by atoms with Crippen LogP contribution in [0.2, 0.25) is 0 Å². The van der Waals surface area contributed by atoms with Crippen LogP contribution in [0.3, 0.4) is 0 Å². The second-order valence-corrected chi connectivity index (χ2v) is 4.95. The van der Waals surface area contributed by atoms with Crippen molar-refractivity contribution in [3.8, 4) is 17.0 Å². The zero-order valence-corrected chi connectivity index (χ0v) is 10.8. The third-order valence-electron chi connectivity index (χ3n) is 2.72. The predicted molar refractivity (Wildman–Crippen MR) is 68.3 cm³/mol. The van der Waals surface area contributed by atoms with E-state index in [0.717, 1.165) is 11.4 Å². The first kappa shape index (κ1) is 11.1. The normalized spacial score (nSPS) is 10.5. The van der Waals surface area contributed by atoms with Crippen molar-refractivity contribution < 1.29 is 4.74 Å². The number of aryl methyl sites for hydroxylation is 3. The van der Waals surface area contributed by atoms with Gasteiger partial charge in [0.1, 0.15) is 5.75 Å². The van der Waals surface area contributed by atoms with Gasteiger partial charge in [-0.15, -0.1) is 11.3 Å². The van der Waals surface area contributed by atoms with E-state index in [-0.39, 0.29) is 0 Å². The van der Waals surface area contributed by atoms with Gasteiger partial charge in [-0.1, -0.05) is 0 Å². The Balaban J connectivity index is 2.62. The molecule has 3 heteroatoms. The van der Waals surface area contributed by atoms with Crippen molar-refractivity contribution in [2.24, 2.45) is 0 Å². The van der Waals surface area contributed by atoms with Crippen molar-refractivity contribution in [3.05, 3.63) is 33.6 Å². The fraction of sp³-hybridized carbons (Fsp3) is 0.308. The molecule has 2 rings (SSSR count). The van der Waals surface area contributed by atoms with E-state index < -0.39 is 0 Å². The summed E-state index contributed by atoms with van der Waals surface area (Å²) in [5.74, 6) is 0.909. The molecule has 0 aliphatic heterocycles. The maximum Gasteiger partial charge on any atom is 0.119 e. The molecule has 1 aromatic heterocycles. The zero-order chi connectivity index (χ0) is 11.7. The van der Waals surface area contributed by atoms with Gasteiger partial charge in [-0.3, -0.25) is 0 Å². The lowest BCUT2D eigenvalue weighted by atomic mass is 9.99. The number of aromatic nitrogens is 1. The number of rotatable bonds is 2. The summed E-state index contributed by atoms with van der Waals surface area (Å²) >= 11 is 1.68. The fourth-order valence-electron chi connectivity index (χ4n) is 1.96. The van der Waals surface area contributed by atoms with Crippen molar-refractivity contribution >= 4 is 11.3 Å². The van der Waals surface area contributed by atoms with Crippen LogP contribution in [0.25, 0.3) is 11.3 Å². The molecular weight excluding hydrogens is 218 g/mol. The van der Waals surface area contributed by atoms with Crippen LogP contribution in [0.1, 0.15) is 16.0 Å². The third kappa shape index (κ3) is 1.83. The molecule has 0 aliphatic rings. The summed E-state index contributed by atoms with van der Waals surface area (Å²) < 4.78 is 5.26. The molecule has 0 radical (unpaired) electrons. The van der Waals surface area contributed by atoms with Crippen LogP contribution in [0.15, 0.2) is 17.6 Å². The molecule has 0 unspecified atom stereocenters. The molecule has 1 aromatic carbocycles. The Bertz CT molecular complexity index is 493. The second-order valence-electron chi connectivity index (χ2n) is 3.89. The minimum Gasteiger partial charge on any atom is -0.497 e. The number of nitrogens with zero attached hydrogens (tertiary/aromatic N) is 1. The lowest BCUT2D eigenvalue weighted by molar-refractivity contribution is 0.414. The highest BCUT2D eigenvalue weighted by molar-refractivity contribution is 7.10. The van der Waals surface area contributed by atoms with Gasteiger partial charge in [-0.05, 0) is 44.0 Å². The van der Waals surface area contributed by atoms with Gasteiger partial charge in [0.15, 0.2) is 0 Å². The lowest BCUT2D eigenvalue weighted by Crippen LogP contribution is -1.92. The molecule has 0 saturated heterocycles. The Morgan fingerprint density at radius 2 is 1.75 bits per heavy atom. The molecular formula is C13H15NOS. The monoisotopic (exact) mass is 233 g/mol. The van der Waals surface area contributed by atoms with Crippen LogP contribution < -0.4 is 4.74 Å². The Morgan fingerprint density at radius 3 is 2.19 bits per heavy atom. The molecule has 0 spiro atoms. The first-order valence-corrected chi connectivity index (χ1v) is 6.07. The quantitative estimate of drug-likeness (QED) is 0.788. The maximum atomic E-state index is 5.26. The smallest absolute Gasteiger partial charge is 0.119 e. The van der Waals surface area contributed by atoms with Gasteiger partial charge in [0.25, 0.3) is 0 Å². The van der Waals surface area contributed by atoms with Crippen LogP contribution in [-0.4, -0.2) is 12.1 Å². The van der Waals surface area contributed by atoms with Crippen LogP contribution in [0, 0.1) is 20.8 Å². The first-order valence-electron chi connectivity index (χ1n) is 5.19. The number of ether oxygens (including phenoxy) is 1. The number of hydrogen-bond acceptors (Lipinski definition) is 3. The van der Waals surface area contributed by atoms with Crippen molar-refractivity contribution in [3.63, 3.8) is 0 Å². The summed E-state index contributed by atoms with van der Waals surface area (Å²) in [6.45, 7) is 6.31. The molecule has 0 saturated carbocycles. The van der Waals surface area contributed by atoms with E-state index in [1.807, 2.05) is 5.51 Å². The van der Waals surface area contributed by atoms with E-state index >= 15 is 0 Å². The Kier molecular flexibility index (Phi) is 2.97. The van der Waals surface area contributed by atoms with Crippen LogP contribution in [0.5, 0.6) is 5.75 Å². The van der Waals surface area contributed by atoms with Crippen LogP contribution in [0.4, 0.5) is 0 Å². The summed E-state index contributed by atoms with van der Waals surface area (Å²) in [5.41, 5.74) is 6.66. The minimum absolute atomic E-state index is 0.909. The van der Waals surface area contributed by atoms with E-state index in [1.54, 1.807) is 18.4 Å². The van der Waals surface area contributed by atoms with Gasteiger partial charge in [0, 0.05) is 10.4 Å². The summed E-state index contributed by atoms with van der Waals surface area (Å²) in [7, 11) is 1.70. The molecule has 0 fully saturated rings. The number of hydrogen-bond donors (Lipinski definition) is 0. The molecule has 0 atom stereocenters. The average molecular weight is 233 g/mol. The largest absolute Gasteiger partial charge is 0.497 e. The molecule has 2 aromatic rings. The van der Waals surface area contributed by atoms with E-state index in [1.165, 1.54) is 21.6 Å². The Labute approximate surface area is 99.9 Å². The fourth-order valence-corrected chi connectivity index (χ4v) is 2.54. The molecule has 1 heterocycles. The summed E-state index contributed by atoms with van der Waals surface area (Å²) in [5, 5.41) is 0. The minimum atomic E-state index is 0.909. The zero-order valence-electron chi connectivity index (χ0n) is 10.00. The Hall–Kier alpha value is -1.35. The van der Waals surface area contributed by atoms with Crippen molar-refractivity contribution in [2.45, 2.75) is 20.8 Å². The molecule has 0 N–H and O–H groups in total. The molecule has 84 valence electrons. The molecule has 2 nitrogen and oxygen atoms in total. The highest BCUT2D eigenvalue weighted by Gasteiger charge is 2.12. The summed E-state index contributed by atoms with van der Waals surface area (Å²) in [6, 6.07) is 4.11. The van der Waals surface area contributed by atoms with Crippen LogP contribution in [-0.2, 0) is 0 Å². The highest BCUT2D eigenvalue weighted by atomic mass is 32.1. The molecule has 0 bridgehead atoms. The molecule has 0 aliphatic carbocycles. The SMILES string of the molecule is COc1cc(C)c(-c2ncsc2C)c(C)c1. The van der Waals surface area contributed by atoms with E-state index in [9.17, 15) is 0 Å². The van der Waals surface area contributed by atoms with Crippen molar-refractivity contribution in [2.75, 3.05) is 7.11 Å². The van der Waals surface area contributed by atoms with Crippen LogP contribution >= 0.6 is 11.3 Å². The number of thiazole rings is 1. The summed E-state index contributed by atoms with van der Waals surface area (Å²) in [6.07, 6.45) is 0. The van der Waals surface area contributed by atoms with E-state index in [4.69, 9.17) is 4.74 Å². The van der Waals surface area contributed by atoms with Gasteiger partial charge in [0.05, 0.1) is 18.3 Å². The summed E-state index contributed by atoms with van der Waals surface area (Å²) in [4.78, 5) is 5.70. The van der Waals surface area contributed by atoms with Crippen molar-refractivity contribution in [1.82, 2.24) is 4.98 Å². The lowest BCUT2D eigenvalue weighted by Gasteiger charge is -2.11. The van der Waals surface area contributed by atoms with Gasteiger partial charge in [-0.2, -0.15) is 0 Å². The van der Waals surface area contributed by atoms with Gasteiger partial charge in [0.2, 0.25) is 0 Å². The molecule has 16 heavy (non-hydrogen) atoms. The van der Waals surface area contributed by atoms with E-state index in [2.05, 4.69) is 37.9 Å². The van der Waals surface area contributed by atoms with Gasteiger partial charge in [-0.25, -0.2) is 4.98 Å². The topological polar surface area (TPSA) is 22.1 Å². The highest BCUT2D eigenvalue weighted by Crippen LogP contribution is 2.33. The van der Waals surface area contributed by atoms with Gasteiger partial charge >= 0.3 is 0 Å². The standard InChI is InChI=1S/C13H15NOS/c1-8-5-11(15-4)6-9(2)12(8)13-10(3)16-7-14-13/h5-7H,1-4H3. The molecule has 0 amide bonds. The number of benzene rings is 1. The van der Waals surface area contributed by atoms with Gasteiger partial charge < -0.3 is 4.74 Å². The predicted octanol–water partition coefficient (Wildman–Crippen LogP) is 3.74. The average Bonchev–Trinajstić information content (AvgIpc) is 2.64. The Morgan fingerprint density at radius 1 is 1.12 bits per heavy atom. The third-order valence-corrected chi connectivity index (χ3v) is 3.48. The van der Waals surface area contributed by atoms with E-state index in [0.29, 0.717) is 0 Å². The number of methoxy groups -OCH3 is 1. The van der Waals surface area contributed by atoms with Crippen molar-refractivity contribution in [1.29, 1.82) is 0 Å². The maximum absolute atomic E-state index is 5.26. The first-order chi connectivity index (χ1) is 7.63.